The largest absolute Gasteiger partial charge is 0.464 e. The minimum absolute atomic E-state index is 0.100. The van der Waals surface area contributed by atoms with E-state index >= 15 is 0 Å². The number of nitrogens with one attached hydrogen (secondary N) is 1. The summed E-state index contributed by atoms with van der Waals surface area (Å²) in [5.41, 5.74) is 2.14. The summed E-state index contributed by atoms with van der Waals surface area (Å²) in [6.45, 7) is 1.92. The fourth-order valence-electron chi connectivity index (χ4n) is 2.61. The van der Waals surface area contributed by atoms with E-state index in [1.54, 1.807) is 14.0 Å². The third kappa shape index (κ3) is 2.76. The van der Waals surface area contributed by atoms with Gasteiger partial charge in [0.05, 0.1) is 18.5 Å². The Hall–Kier alpha value is -3.09. The van der Waals surface area contributed by atoms with Crippen molar-refractivity contribution in [2.24, 2.45) is 7.05 Å². The first kappa shape index (κ1) is 15.8. The number of fused-ring (bicyclic) bond motifs is 1. The standard InChI is InChI=1S/C17H18N4O3/c1-11-15(16(17(23)24-3)19-20(11)2)18-14(22)10-21-9-8-12-6-4-5-7-13(12)21/h4-9H,10H2,1-3H3,(H,18,22). The molecule has 0 radical (unpaired) electrons. The quantitative estimate of drug-likeness (QED) is 0.745. The Balaban J connectivity index is 1.84. The molecule has 7 heteroatoms. The summed E-state index contributed by atoms with van der Waals surface area (Å²) in [7, 11) is 2.99. The van der Waals surface area contributed by atoms with Crippen LogP contribution < -0.4 is 5.32 Å². The van der Waals surface area contributed by atoms with Gasteiger partial charge in [0.15, 0.2) is 5.69 Å². The Bertz CT molecular complexity index is 923. The molecule has 1 aromatic carbocycles. The topological polar surface area (TPSA) is 78.2 Å². The number of carbonyl (C=O) groups is 2. The van der Waals surface area contributed by atoms with Gasteiger partial charge >= 0.3 is 5.97 Å². The number of carbonyl (C=O) groups excluding carboxylic acids is 2. The predicted octanol–water partition coefficient (Wildman–Crippen LogP) is 2.11. The van der Waals surface area contributed by atoms with Crippen LogP contribution in [0, 0.1) is 6.92 Å². The normalized spacial score (nSPS) is 10.8. The lowest BCUT2D eigenvalue weighted by molar-refractivity contribution is -0.116. The molecule has 0 spiro atoms. The van der Waals surface area contributed by atoms with Gasteiger partial charge in [-0.05, 0) is 24.4 Å². The van der Waals surface area contributed by atoms with Gasteiger partial charge in [0.2, 0.25) is 5.91 Å². The summed E-state index contributed by atoms with van der Waals surface area (Å²) in [6, 6.07) is 9.78. The van der Waals surface area contributed by atoms with E-state index in [2.05, 4.69) is 10.4 Å². The minimum atomic E-state index is -0.583. The van der Waals surface area contributed by atoms with Gasteiger partial charge in [0, 0.05) is 18.8 Å². The van der Waals surface area contributed by atoms with Crippen LogP contribution in [0.2, 0.25) is 0 Å². The molecule has 124 valence electrons. The van der Waals surface area contributed by atoms with E-state index in [9.17, 15) is 9.59 Å². The summed E-state index contributed by atoms with van der Waals surface area (Å²) >= 11 is 0. The van der Waals surface area contributed by atoms with Crippen LogP contribution in [-0.2, 0) is 23.1 Å². The molecule has 3 rings (SSSR count). The van der Waals surface area contributed by atoms with Crippen LogP contribution >= 0.6 is 0 Å². The number of methoxy groups -OCH3 is 1. The van der Waals surface area contributed by atoms with Crippen LogP contribution in [0.25, 0.3) is 10.9 Å². The first-order valence-electron chi connectivity index (χ1n) is 7.47. The zero-order chi connectivity index (χ0) is 17.3. The molecule has 0 fully saturated rings. The molecule has 1 N–H and O–H groups in total. The van der Waals surface area contributed by atoms with Crippen molar-refractivity contribution in [2.45, 2.75) is 13.5 Å². The zero-order valence-corrected chi connectivity index (χ0v) is 13.7. The number of nitrogens with zero attached hydrogens (tertiary/aromatic N) is 3. The first-order chi connectivity index (χ1) is 11.5. The van der Waals surface area contributed by atoms with Crippen molar-refractivity contribution in [3.8, 4) is 0 Å². The van der Waals surface area contributed by atoms with Crippen molar-refractivity contribution in [3.63, 3.8) is 0 Å². The average Bonchev–Trinajstić information content (AvgIpc) is 3.10. The van der Waals surface area contributed by atoms with Crippen LogP contribution in [0.3, 0.4) is 0 Å². The Kier molecular flexibility index (Phi) is 4.07. The van der Waals surface area contributed by atoms with Crippen LogP contribution in [-0.4, -0.2) is 33.3 Å². The van der Waals surface area contributed by atoms with Crippen molar-refractivity contribution in [3.05, 3.63) is 47.9 Å². The van der Waals surface area contributed by atoms with Gasteiger partial charge in [-0.1, -0.05) is 18.2 Å². The molecule has 24 heavy (non-hydrogen) atoms. The lowest BCUT2D eigenvalue weighted by Crippen LogP contribution is -2.20. The number of benzene rings is 1. The molecular formula is C17H18N4O3. The minimum Gasteiger partial charge on any atom is -0.464 e. The number of esters is 1. The summed E-state index contributed by atoms with van der Waals surface area (Å²) < 4.78 is 8.11. The number of hydrogen-bond donors (Lipinski definition) is 1. The number of anilines is 1. The van der Waals surface area contributed by atoms with Crippen LogP contribution in [0.4, 0.5) is 5.69 Å². The lowest BCUT2D eigenvalue weighted by atomic mass is 10.2. The Morgan fingerprint density at radius 3 is 2.75 bits per heavy atom. The van der Waals surface area contributed by atoms with Crippen LogP contribution in [0.5, 0.6) is 0 Å². The van der Waals surface area contributed by atoms with Gasteiger partial charge in [-0.2, -0.15) is 5.10 Å². The Morgan fingerprint density at radius 1 is 1.25 bits per heavy atom. The van der Waals surface area contributed by atoms with E-state index in [0.717, 1.165) is 10.9 Å². The van der Waals surface area contributed by atoms with Gasteiger partial charge in [0.25, 0.3) is 0 Å². The second-order valence-electron chi connectivity index (χ2n) is 5.47. The van der Waals surface area contributed by atoms with Crippen molar-refractivity contribution in [1.82, 2.24) is 14.3 Å². The molecule has 0 saturated carbocycles. The molecule has 1 amide bonds. The number of aryl methyl sites for hydroxylation is 1. The Morgan fingerprint density at radius 2 is 2.00 bits per heavy atom. The highest BCUT2D eigenvalue weighted by atomic mass is 16.5. The van der Waals surface area contributed by atoms with E-state index in [1.807, 2.05) is 41.1 Å². The summed E-state index contributed by atoms with van der Waals surface area (Å²) in [4.78, 5) is 24.2. The number of hydrogen-bond acceptors (Lipinski definition) is 4. The smallest absolute Gasteiger partial charge is 0.360 e. The van der Waals surface area contributed by atoms with Gasteiger partial charge in [-0.25, -0.2) is 4.79 Å². The molecule has 2 heterocycles. The molecule has 0 atom stereocenters. The molecule has 0 saturated heterocycles. The molecule has 7 nitrogen and oxygen atoms in total. The van der Waals surface area contributed by atoms with Crippen LogP contribution in [0.15, 0.2) is 36.5 Å². The van der Waals surface area contributed by atoms with Gasteiger partial charge in [-0.15, -0.1) is 0 Å². The fourth-order valence-corrected chi connectivity index (χ4v) is 2.61. The maximum absolute atomic E-state index is 12.4. The highest BCUT2D eigenvalue weighted by Gasteiger charge is 2.22. The SMILES string of the molecule is COC(=O)c1nn(C)c(C)c1NC(=O)Cn1ccc2ccccc21. The van der Waals surface area contributed by atoms with E-state index in [1.165, 1.54) is 11.8 Å². The van der Waals surface area contributed by atoms with Crippen molar-refractivity contribution in [2.75, 3.05) is 12.4 Å². The second kappa shape index (κ2) is 6.19. The number of para-hydroxylation sites is 1. The average molecular weight is 326 g/mol. The highest BCUT2D eigenvalue weighted by Crippen LogP contribution is 2.21. The molecule has 0 bridgehead atoms. The lowest BCUT2D eigenvalue weighted by Gasteiger charge is -2.08. The summed E-state index contributed by atoms with van der Waals surface area (Å²) in [6.07, 6.45) is 1.86. The van der Waals surface area contributed by atoms with E-state index in [0.29, 0.717) is 11.4 Å². The van der Waals surface area contributed by atoms with E-state index in [-0.39, 0.29) is 18.1 Å². The molecule has 0 unspecified atom stereocenters. The van der Waals surface area contributed by atoms with E-state index in [4.69, 9.17) is 4.74 Å². The van der Waals surface area contributed by atoms with Crippen LogP contribution in [0.1, 0.15) is 16.2 Å². The van der Waals surface area contributed by atoms with Gasteiger partial charge in [0.1, 0.15) is 6.54 Å². The van der Waals surface area contributed by atoms with E-state index < -0.39 is 5.97 Å². The molecule has 0 aliphatic carbocycles. The zero-order valence-electron chi connectivity index (χ0n) is 13.7. The number of aromatic nitrogens is 3. The molecule has 0 aliphatic rings. The monoisotopic (exact) mass is 326 g/mol. The number of ether oxygens (including phenoxy) is 1. The molecule has 0 aliphatic heterocycles. The maximum atomic E-state index is 12.4. The molecular weight excluding hydrogens is 308 g/mol. The number of rotatable bonds is 4. The molecule has 2 aromatic heterocycles. The third-order valence-electron chi connectivity index (χ3n) is 3.97. The van der Waals surface area contributed by atoms with Crippen molar-refractivity contribution >= 4 is 28.5 Å². The maximum Gasteiger partial charge on any atom is 0.360 e. The van der Waals surface area contributed by atoms with Crippen molar-refractivity contribution < 1.29 is 14.3 Å². The van der Waals surface area contributed by atoms with Gasteiger partial charge < -0.3 is 14.6 Å². The predicted molar refractivity (Wildman–Crippen MR) is 89.9 cm³/mol. The summed E-state index contributed by atoms with van der Waals surface area (Å²) in [5.74, 6) is -0.821. The van der Waals surface area contributed by atoms with Gasteiger partial charge in [-0.3, -0.25) is 9.48 Å². The van der Waals surface area contributed by atoms with Crippen molar-refractivity contribution in [1.29, 1.82) is 0 Å². The Labute approximate surface area is 138 Å². The summed E-state index contributed by atoms with van der Waals surface area (Å²) in [5, 5.41) is 7.94. The number of amides is 1. The first-order valence-corrected chi connectivity index (χ1v) is 7.47. The molecule has 3 aromatic rings. The highest BCUT2D eigenvalue weighted by molar-refractivity contribution is 6.01. The fraction of sp³-hybridized carbons (Fsp3) is 0.235. The third-order valence-corrected chi connectivity index (χ3v) is 3.97. The second-order valence-corrected chi connectivity index (χ2v) is 5.47.